The Morgan fingerprint density at radius 1 is 0.694 bits per heavy atom. The number of Topliss-reactive ketones (excluding diaryl/α,β-unsaturated/α-hetero) is 1. The van der Waals surface area contributed by atoms with Crippen LogP contribution in [0.4, 0.5) is 16.4 Å². The van der Waals surface area contributed by atoms with Gasteiger partial charge in [0.1, 0.15) is 17.2 Å². The number of carboxylic acid groups (broad SMARTS) is 1. The number of nitrogens with two attached hydrogens (primary N) is 1. The van der Waals surface area contributed by atoms with Gasteiger partial charge < -0.3 is 30.6 Å². The molecule has 0 aliphatic carbocycles. The molecule has 4 heterocycles. The molecule has 2 amide bonds. The zero-order valence-corrected chi connectivity index (χ0v) is 41.4. The molecule has 0 spiro atoms. The average Bonchev–Trinajstić information content (AvgIpc) is 3.93. The first-order valence-corrected chi connectivity index (χ1v) is 26.3. The van der Waals surface area contributed by atoms with Crippen molar-refractivity contribution in [2.45, 2.75) is 90.6 Å². The summed E-state index contributed by atoms with van der Waals surface area (Å²) in [4.78, 5) is 48.6. The highest BCUT2D eigenvalue weighted by Gasteiger charge is 2.21. The molecule has 62 heavy (non-hydrogen) atoms. The maximum atomic E-state index is 12.6. The fourth-order valence-corrected chi connectivity index (χ4v) is 12.7. The number of fused-ring (bicyclic) bond motifs is 2. The summed E-state index contributed by atoms with van der Waals surface area (Å²) < 4.78 is 6.10. The highest BCUT2D eigenvalue weighted by molar-refractivity contribution is 8.77. The summed E-state index contributed by atoms with van der Waals surface area (Å²) in [6.45, 7) is 12.5. The predicted molar refractivity (Wildman–Crippen MR) is 276 cm³/mol. The highest BCUT2D eigenvalue weighted by atomic mass is 33.1. The van der Waals surface area contributed by atoms with Gasteiger partial charge in [0.2, 0.25) is 0 Å². The molecule has 0 aliphatic heterocycles. The van der Waals surface area contributed by atoms with Crippen LogP contribution in [0.1, 0.15) is 97.8 Å². The minimum absolute atomic E-state index is 0. The number of hydrogen-bond donors (Lipinski definition) is 4. The van der Waals surface area contributed by atoms with Crippen molar-refractivity contribution < 1.29 is 24.3 Å². The first-order valence-electron chi connectivity index (χ1n) is 19.5. The van der Waals surface area contributed by atoms with Gasteiger partial charge in [-0.25, -0.2) is 0 Å². The molecule has 0 bridgehead atoms. The Labute approximate surface area is 390 Å². The van der Waals surface area contributed by atoms with Gasteiger partial charge in [-0.15, -0.1) is 22.7 Å². The molecule has 16 heteroatoms. The summed E-state index contributed by atoms with van der Waals surface area (Å²) >= 11 is 3.19. The zero-order valence-electron chi connectivity index (χ0n) is 36.5. The van der Waals surface area contributed by atoms with Crippen molar-refractivity contribution in [3.8, 4) is 0 Å². The number of nitrogens with one attached hydrogen (secondary N) is 2. The summed E-state index contributed by atoms with van der Waals surface area (Å²) in [7, 11) is 10.7. The van der Waals surface area contributed by atoms with E-state index < -0.39 is 5.97 Å². The van der Waals surface area contributed by atoms with Crippen molar-refractivity contribution in [1.82, 2.24) is 9.13 Å². The number of nitrogens with zero attached hydrogens (tertiary/aromatic N) is 2. The molecule has 5 N–H and O–H groups in total. The molecule has 0 atom stereocenters. The summed E-state index contributed by atoms with van der Waals surface area (Å²) in [6.07, 6.45) is 10.9. The smallest absolute Gasteiger partial charge is 0.303 e. The number of rotatable bonds is 16. The first kappa shape index (κ1) is 52.5. The summed E-state index contributed by atoms with van der Waals surface area (Å²) in [5.41, 5.74) is 10.7. The van der Waals surface area contributed by atoms with Crippen LogP contribution in [0.2, 0.25) is 0 Å². The van der Waals surface area contributed by atoms with E-state index in [2.05, 4.69) is 50.7 Å². The van der Waals surface area contributed by atoms with Gasteiger partial charge in [0.25, 0.3) is 11.8 Å². The number of carboxylic acids is 1. The van der Waals surface area contributed by atoms with E-state index in [1.54, 1.807) is 55.1 Å². The van der Waals surface area contributed by atoms with Gasteiger partial charge in [-0.3, -0.25) is 19.2 Å². The van der Waals surface area contributed by atoms with Crippen molar-refractivity contribution in [1.29, 1.82) is 0 Å². The topological polar surface area (TPSA) is 148 Å². The van der Waals surface area contributed by atoms with Gasteiger partial charge in [0.15, 0.2) is 0 Å². The monoisotopic (exact) mass is 955 g/mol. The van der Waals surface area contributed by atoms with Gasteiger partial charge in [0, 0.05) is 80.9 Å². The second-order valence-corrected chi connectivity index (χ2v) is 24.4. The van der Waals surface area contributed by atoms with E-state index in [1.165, 1.54) is 0 Å². The number of benzene rings is 2. The number of carbonyl (C=O) groups excluding carboxylic acids is 3. The Balaban J connectivity index is 0.000000275. The van der Waals surface area contributed by atoms with E-state index >= 15 is 0 Å². The Kier molecular flexibility index (Phi) is 20.1. The van der Waals surface area contributed by atoms with Gasteiger partial charge >= 0.3 is 5.97 Å². The third kappa shape index (κ3) is 16.4. The number of carbonyl (C=O) groups is 4. The van der Waals surface area contributed by atoms with Crippen LogP contribution in [-0.4, -0.2) is 59.8 Å². The Hall–Kier alpha value is -3.80. The molecule has 10 nitrogen and oxygen atoms in total. The van der Waals surface area contributed by atoms with Gasteiger partial charge in [-0.05, 0) is 149 Å². The lowest BCUT2D eigenvalue weighted by Gasteiger charge is -2.21. The summed E-state index contributed by atoms with van der Waals surface area (Å²) in [6, 6.07) is 19.5. The second-order valence-electron chi connectivity index (χ2n) is 15.9. The fraction of sp³-hybridized carbons (Fsp3) is 0.391. The number of aromatic nitrogens is 2. The van der Waals surface area contributed by atoms with Crippen molar-refractivity contribution in [3.05, 3.63) is 100 Å². The zero-order chi connectivity index (χ0) is 45.1. The molecular weight excluding hydrogens is 895 g/mol. The van der Waals surface area contributed by atoms with E-state index in [1.807, 2.05) is 121 Å². The molecule has 0 saturated heterocycles. The molecule has 0 fully saturated rings. The van der Waals surface area contributed by atoms with Crippen molar-refractivity contribution in [2.75, 3.05) is 28.9 Å². The molecule has 0 radical (unpaired) electrons. The molecule has 2 aromatic carbocycles. The highest BCUT2D eigenvalue weighted by Crippen LogP contribution is 2.38. The maximum absolute atomic E-state index is 12.6. The second kappa shape index (κ2) is 23.8. The average molecular weight is 956 g/mol. The van der Waals surface area contributed by atoms with Crippen molar-refractivity contribution in [3.63, 3.8) is 0 Å². The minimum Gasteiger partial charge on any atom is -0.481 e. The van der Waals surface area contributed by atoms with Crippen LogP contribution < -0.4 is 16.4 Å². The van der Waals surface area contributed by atoms with Crippen LogP contribution in [0.15, 0.2) is 73.1 Å². The molecule has 0 saturated carbocycles. The molecule has 336 valence electrons. The quantitative estimate of drug-likeness (QED) is 0.0691. The number of aryl methyl sites for hydroxylation is 4. The van der Waals surface area contributed by atoms with Crippen LogP contribution in [0.25, 0.3) is 20.2 Å². The predicted octanol–water partition coefficient (Wildman–Crippen LogP) is 13.1. The maximum Gasteiger partial charge on any atom is 0.303 e. The SMILES string of the molecule is C.CSSC(C)(C)CCC(=O)Cc1cc2cc(NC(=O)c3cc(C)cn3C)ccc2s1.CSSC(C)(C)CCC(=O)O.Cc1cc(C(=O)Nc2ccc3sc(N)cc3c2)n(C)c1. The van der Waals surface area contributed by atoms with Gasteiger partial charge in [0.05, 0.1) is 5.00 Å². The number of amides is 2. The number of anilines is 3. The van der Waals surface area contributed by atoms with Crippen LogP contribution in [0, 0.1) is 13.8 Å². The first-order chi connectivity index (χ1) is 28.7. The number of hydrogen-bond acceptors (Lipinski definition) is 11. The third-order valence-electron chi connectivity index (χ3n) is 9.30. The summed E-state index contributed by atoms with van der Waals surface area (Å²) in [5, 5.41) is 17.2. The molecule has 4 aromatic heterocycles. The fourth-order valence-electron chi connectivity index (χ4n) is 6.37. The Bertz CT molecular complexity index is 2460. The van der Waals surface area contributed by atoms with Crippen LogP contribution in [0.5, 0.6) is 0 Å². The van der Waals surface area contributed by atoms with E-state index in [9.17, 15) is 19.2 Å². The minimum atomic E-state index is -0.709. The van der Waals surface area contributed by atoms with Crippen molar-refractivity contribution in [2.24, 2.45) is 14.1 Å². The molecular formula is C46H61N5O5S6. The van der Waals surface area contributed by atoms with Gasteiger partial charge in [-0.2, -0.15) is 0 Å². The molecule has 0 aliphatic rings. The third-order valence-corrected chi connectivity index (χ3v) is 16.7. The Morgan fingerprint density at radius 3 is 1.58 bits per heavy atom. The molecule has 0 unspecified atom stereocenters. The van der Waals surface area contributed by atoms with Crippen LogP contribution in [-0.2, 0) is 30.1 Å². The number of thiophene rings is 2. The number of nitrogen functional groups attached to an aromatic ring is 1. The van der Waals surface area contributed by atoms with E-state index in [-0.39, 0.29) is 40.9 Å². The van der Waals surface area contributed by atoms with Gasteiger partial charge in [-0.1, -0.05) is 50.6 Å². The van der Waals surface area contributed by atoms with Crippen LogP contribution >= 0.6 is 65.8 Å². The standard InChI is InChI=1S/C23H28N2O2S3.C15H15N3OS.C7H14O2S2.CH4/c1-15-10-20(25(4)14-15)22(27)24-17-6-7-21-16(11-17)12-19(29-21)13-18(26)8-9-23(2,3)30-28-5;1-9-5-12(18(2)8-9)15(19)17-11-3-4-13-10(6-11)7-14(16)20-13;1-7(2,11-10-3)5-4-6(8)9;/h6-7,10-12,14H,8-9,13H2,1-5H3,(H,24,27);3-8H,16H2,1-2H3,(H,17,19);4-5H2,1-3H3,(H,8,9);1H4. The lowest BCUT2D eigenvalue weighted by Crippen LogP contribution is -2.16. The molecule has 6 rings (SSSR count). The number of aliphatic carboxylic acids is 1. The number of ketones is 1. The molecule has 6 aromatic rings. The lowest BCUT2D eigenvalue weighted by molar-refractivity contribution is -0.137. The van der Waals surface area contributed by atoms with Crippen LogP contribution in [0.3, 0.4) is 0 Å². The van der Waals surface area contributed by atoms with E-state index in [4.69, 9.17) is 10.8 Å². The van der Waals surface area contributed by atoms with Crippen molar-refractivity contribution >= 4 is 126 Å². The van der Waals surface area contributed by atoms with E-state index in [0.29, 0.717) is 24.2 Å². The lowest BCUT2D eigenvalue weighted by atomic mass is 10.0. The summed E-state index contributed by atoms with van der Waals surface area (Å²) in [5.74, 6) is -0.659. The normalized spacial score (nSPS) is 11.3. The van der Waals surface area contributed by atoms with E-state index in [0.717, 1.165) is 65.4 Å². The Morgan fingerprint density at radius 2 is 1.15 bits per heavy atom. The largest absolute Gasteiger partial charge is 0.481 e.